The summed E-state index contributed by atoms with van der Waals surface area (Å²) in [4.78, 5) is 62.1. The predicted octanol–water partition coefficient (Wildman–Crippen LogP) is 3.56. The summed E-state index contributed by atoms with van der Waals surface area (Å²) in [5.74, 6) is -5.21. The molecule has 2 aromatic heterocycles. The fourth-order valence-corrected chi connectivity index (χ4v) is 9.01. The van der Waals surface area contributed by atoms with Crippen LogP contribution in [0.15, 0.2) is 29.9 Å². The summed E-state index contributed by atoms with van der Waals surface area (Å²) in [6.07, 6.45) is 2.35. The molecular weight excluding hydrogens is 733 g/mol. The first kappa shape index (κ1) is 42.5. The summed E-state index contributed by atoms with van der Waals surface area (Å²) in [7, 11) is 1.46. The van der Waals surface area contributed by atoms with Gasteiger partial charge < -0.3 is 34.5 Å². The number of amides is 1. The molecule has 55 heavy (non-hydrogen) atoms. The van der Waals surface area contributed by atoms with Crippen LogP contribution in [0.5, 0.6) is 0 Å². The number of nitrogens with zero attached hydrogens (tertiary/aromatic N) is 5. The van der Waals surface area contributed by atoms with Gasteiger partial charge in [-0.05, 0) is 47.0 Å². The molecule has 1 amide bonds. The highest BCUT2D eigenvalue weighted by atomic mass is 32.1. The first-order valence-electron chi connectivity index (χ1n) is 19.0. The zero-order valence-electron chi connectivity index (χ0n) is 33.1. The van der Waals surface area contributed by atoms with Crippen molar-refractivity contribution >= 4 is 35.0 Å². The molecule has 0 aromatic carbocycles. The quantitative estimate of drug-likeness (QED) is 0.212. The average molecular weight is 789 g/mol. The molecule has 2 unspecified atom stereocenters. The van der Waals surface area contributed by atoms with E-state index in [9.17, 15) is 24.3 Å². The normalized spacial score (nSPS) is 38.2. The Balaban J connectivity index is 1.46. The molecule has 13 atom stereocenters. The van der Waals surface area contributed by atoms with E-state index in [1.165, 1.54) is 30.3 Å². The fourth-order valence-electron chi connectivity index (χ4n) is 8.42. The van der Waals surface area contributed by atoms with Crippen LogP contribution in [-0.2, 0) is 44.6 Å². The lowest BCUT2D eigenvalue weighted by Gasteiger charge is -2.46. The number of cyclic esters (lactones) is 1. The standard InChI is InChI=1S/C38H56N6O10S/c1-10-27-38(8)31(44(36(49)54-38)15-12-11-14-43-19-26(41-42-43)33-40-13-16-55-33)22(4)28(45)20(2)18-37(7,50-9)32(23(5)29(46)24(6)34(48)52-27)53-35-30(47)25(39)17-21(3)51-35/h11-13,16,19-25,27,30-32,35,47H,10,14-15,17-18,39H2,1-9H3/b12-11+/t20-,21-,22+,23+,24-,25?,27-,30?,31-,32-,35+,37-,38-/m1/s1. The van der Waals surface area contributed by atoms with Gasteiger partial charge in [-0.2, -0.15) is 0 Å². The Morgan fingerprint density at radius 2 is 1.78 bits per heavy atom. The second-order valence-electron chi connectivity index (χ2n) is 15.6. The third-order valence-electron chi connectivity index (χ3n) is 11.5. The van der Waals surface area contributed by atoms with Gasteiger partial charge in [-0.15, -0.1) is 16.4 Å². The summed E-state index contributed by atoms with van der Waals surface area (Å²) in [6, 6.07) is -1.50. The largest absolute Gasteiger partial charge is 0.458 e. The van der Waals surface area contributed by atoms with Crippen LogP contribution in [0.4, 0.5) is 4.79 Å². The van der Waals surface area contributed by atoms with Gasteiger partial charge in [0.25, 0.3) is 0 Å². The van der Waals surface area contributed by atoms with E-state index < -0.39 is 89.4 Å². The Bertz CT molecular complexity index is 1710. The lowest BCUT2D eigenvalue weighted by atomic mass is 9.73. The molecule has 5 heterocycles. The minimum atomic E-state index is -1.45. The third-order valence-corrected chi connectivity index (χ3v) is 12.3. The second kappa shape index (κ2) is 17.3. The highest BCUT2D eigenvalue weighted by Crippen LogP contribution is 2.43. The van der Waals surface area contributed by atoms with Crippen molar-refractivity contribution in [3.05, 3.63) is 29.9 Å². The maximum absolute atomic E-state index is 14.6. The van der Waals surface area contributed by atoms with Crippen molar-refractivity contribution in [3.63, 3.8) is 0 Å². The molecule has 2 aromatic rings. The number of fused-ring (bicyclic) bond motifs is 1. The van der Waals surface area contributed by atoms with E-state index in [0.29, 0.717) is 18.7 Å². The van der Waals surface area contributed by atoms with Crippen molar-refractivity contribution < 1.29 is 48.0 Å². The number of ketones is 2. The van der Waals surface area contributed by atoms with Crippen molar-refractivity contribution in [1.82, 2.24) is 24.9 Å². The number of carbonyl (C=O) groups is 4. The highest BCUT2D eigenvalue weighted by molar-refractivity contribution is 7.13. The molecule has 304 valence electrons. The number of aliphatic hydroxyl groups is 1. The molecule has 3 aliphatic rings. The molecule has 0 spiro atoms. The first-order valence-corrected chi connectivity index (χ1v) is 19.9. The molecule has 0 aliphatic carbocycles. The third kappa shape index (κ3) is 8.71. The van der Waals surface area contributed by atoms with Crippen molar-refractivity contribution in [2.24, 2.45) is 29.4 Å². The van der Waals surface area contributed by atoms with Gasteiger partial charge in [0.05, 0.1) is 36.6 Å². The van der Waals surface area contributed by atoms with Gasteiger partial charge in [0.2, 0.25) is 0 Å². The number of aromatic nitrogens is 4. The van der Waals surface area contributed by atoms with Gasteiger partial charge >= 0.3 is 12.1 Å². The molecule has 3 saturated heterocycles. The van der Waals surface area contributed by atoms with E-state index in [4.69, 9.17) is 29.4 Å². The van der Waals surface area contributed by atoms with Gasteiger partial charge in [0.15, 0.2) is 17.7 Å². The number of methoxy groups -OCH3 is 1. The van der Waals surface area contributed by atoms with Gasteiger partial charge in [-0.25, -0.2) is 14.5 Å². The van der Waals surface area contributed by atoms with Gasteiger partial charge in [-0.3, -0.25) is 19.3 Å². The number of hydrogen-bond donors (Lipinski definition) is 2. The topological polar surface area (TPSA) is 208 Å². The second-order valence-corrected chi connectivity index (χ2v) is 16.5. The van der Waals surface area contributed by atoms with Crippen molar-refractivity contribution in [3.8, 4) is 10.7 Å². The summed E-state index contributed by atoms with van der Waals surface area (Å²) in [5, 5.41) is 21.9. The molecule has 17 heteroatoms. The van der Waals surface area contributed by atoms with E-state index in [1.54, 1.807) is 64.7 Å². The number of rotatable bonds is 9. The number of ether oxygens (including phenoxy) is 5. The molecule has 16 nitrogen and oxygen atoms in total. The number of Topliss-reactive ketones (excluding diaryl/α,β-unsaturated/α-hetero) is 2. The van der Waals surface area contributed by atoms with E-state index >= 15 is 0 Å². The van der Waals surface area contributed by atoms with E-state index in [2.05, 4.69) is 15.3 Å². The molecule has 0 bridgehead atoms. The number of nitrogens with two attached hydrogens (primary N) is 1. The Hall–Kier alpha value is -3.61. The maximum atomic E-state index is 14.6. The molecule has 5 rings (SSSR count). The Labute approximate surface area is 326 Å². The number of allylic oxidation sites excluding steroid dienone is 1. The molecular formula is C38H56N6O10S. The lowest BCUT2D eigenvalue weighted by molar-refractivity contribution is -0.288. The Kier molecular flexibility index (Phi) is 13.3. The van der Waals surface area contributed by atoms with E-state index in [1.807, 2.05) is 18.4 Å². The van der Waals surface area contributed by atoms with Gasteiger partial charge in [0.1, 0.15) is 34.6 Å². The van der Waals surface area contributed by atoms with E-state index in [0.717, 1.165) is 5.01 Å². The minimum absolute atomic E-state index is 0.0892. The lowest BCUT2D eigenvalue weighted by Crippen LogP contribution is -2.60. The number of hydrogen-bond acceptors (Lipinski definition) is 15. The molecule has 3 aliphatic heterocycles. The van der Waals surface area contributed by atoms with E-state index in [-0.39, 0.29) is 31.3 Å². The summed E-state index contributed by atoms with van der Waals surface area (Å²) in [5.41, 5.74) is 4.11. The van der Waals surface area contributed by atoms with Crippen molar-refractivity contribution in [2.45, 2.75) is 135 Å². The van der Waals surface area contributed by atoms with Crippen LogP contribution in [0.1, 0.15) is 74.7 Å². The first-order chi connectivity index (χ1) is 25.9. The summed E-state index contributed by atoms with van der Waals surface area (Å²) >= 11 is 1.46. The van der Waals surface area contributed by atoms with Crippen LogP contribution in [0.2, 0.25) is 0 Å². The average Bonchev–Trinajstić information content (AvgIpc) is 3.91. The summed E-state index contributed by atoms with van der Waals surface area (Å²) in [6.45, 7) is 14.1. The van der Waals surface area contributed by atoms with Gasteiger partial charge in [0, 0.05) is 49.0 Å². The summed E-state index contributed by atoms with van der Waals surface area (Å²) < 4.78 is 32.3. The SMILES string of the molecule is CC[C@H]1OC(=O)[C@H](C)C(=O)[C@H](C)[C@@H](O[C@@H]2O[C@H](C)CC(N)C2O)[C@](C)(OC)C[C@@H](C)C(=O)[C@H](C)[C@H]2N(C/C=C/Cn3cc(-c4nccs4)nn3)C(=O)O[C@]12C. The zero-order valence-corrected chi connectivity index (χ0v) is 33.9. The molecule has 3 N–H and O–H groups in total. The van der Waals surface area contributed by atoms with Crippen LogP contribution >= 0.6 is 11.3 Å². The molecule has 3 fully saturated rings. The van der Waals surface area contributed by atoms with Crippen LogP contribution in [0, 0.1) is 23.7 Å². The van der Waals surface area contributed by atoms with Crippen LogP contribution in [0.25, 0.3) is 10.7 Å². The molecule has 0 saturated carbocycles. The predicted molar refractivity (Wildman–Crippen MR) is 200 cm³/mol. The minimum Gasteiger partial charge on any atom is -0.458 e. The smallest absolute Gasteiger partial charge is 0.411 e. The number of esters is 1. The maximum Gasteiger partial charge on any atom is 0.411 e. The van der Waals surface area contributed by atoms with Gasteiger partial charge in [-0.1, -0.05) is 45.1 Å². The zero-order chi connectivity index (χ0) is 40.4. The Morgan fingerprint density at radius 3 is 2.44 bits per heavy atom. The monoisotopic (exact) mass is 788 g/mol. The number of thiazole rings is 1. The number of carbonyl (C=O) groups excluding carboxylic acids is 4. The highest BCUT2D eigenvalue weighted by Gasteiger charge is 2.60. The molecule has 0 radical (unpaired) electrons. The van der Waals surface area contributed by atoms with Crippen LogP contribution in [-0.4, -0.2) is 121 Å². The number of aliphatic hydroxyl groups excluding tert-OH is 1. The fraction of sp³-hybridized carbons (Fsp3) is 0.711. The van der Waals surface area contributed by atoms with Crippen molar-refractivity contribution in [2.75, 3.05) is 13.7 Å². The van der Waals surface area contributed by atoms with Crippen LogP contribution < -0.4 is 5.73 Å². The Morgan fingerprint density at radius 1 is 1.07 bits per heavy atom. The van der Waals surface area contributed by atoms with Crippen LogP contribution in [0.3, 0.4) is 0 Å². The van der Waals surface area contributed by atoms with Crippen molar-refractivity contribution in [1.29, 1.82) is 0 Å².